The lowest BCUT2D eigenvalue weighted by Gasteiger charge is -2.19. The van der Waals surface area contributed by atoms with Crippen LogP contribution >= 0.6 is 0 Å². The summed E-state index contributed by atoms with van der Waals surface area (Å²) in [6, 6.07) is 1.49. The molecule has 1 unspecified atom stereocenters. The zero-order valence-electron chi connectivity index (χ0n) is 13.9. The highest BCUT2D eigenvalue weighted by Gasteiger charge is 2.18. The maximum absolute atomic E-state index is 13.4. The lowest BCUT2D eigenvalue weighted by atomic mass is 10.1. The van der Waals surface area contributed by atoms with E-state index in [4.69, 9.17) is 4.74 Å². The second-order valence-electron chi connectivity index (χ2n) is 5.68. The Hall–Kier alpha value is -2.05. The number of ether oxygens (including phenoxy) is 2. The molecule has 0 amide bonds. The number of benzene rings is 1. The van der Waals surface area contributed by atoms with Gasteiger partial charge >= 0.3 is 11.9 Å². The molecule has 0 saturated heterocycles. The third-order valence-electron chi connectivity index (χ3n) is 3.41. The number of carbonyl (C=O) groups excluding carboxylic acids is 2. The largest absolute Gasteiger partial charge is 0.462 e. The summed E-state index contributed by atoms with van der Waals surface area (Å²) in [5.41, 5.74) is 0. The fourth-order valence-corrected chi connectivity index (χ4v) is 2.06. The van der Waals surface area contributed by atoms with Gasteiger partial charge in [-0.15, -0.1) is 0 Å². The van der Waals surface area contributed by atoms with Crippen molar-refractivity contribution in [3.05, 3.63) is 29.6 Å². The maximum atomic E-state index is 13.4. The van der Waals surface area contributed by atoms with E-state index < -0.39 is 35.1 Å². The van der Waals surface area contributed by atoms with Gasteiger partial charge < -0.3 is 9.47 Å². The molecule has 0 bridgehead atoms. The first-order valence-electron chi connectivity index (χ1n) is 7.79. The summed E-state index contributed by atoms with van der Waals surface area (Å²) >= 11 is 0. The second-order valence-corrected chi connectivity index (χ2v) is 5.68. The van der Waals surface area contributed by atoms with E-state index in [9.17, 15) is 22.8 Å². The molecule has 134 valence electrons. The topological polar surface area (TPSA) is 52.6 Å². The van der Waals surface area contributed by atoms with Gasteiger partial charge in [-0.25, -0.2) is 8.78 Å². The number of carbonyl (C=O) groups is 2. The van der Waals surface area contributed by atoms with Crippen LogP contribution in [0.15, 0.2) is 12.1 Å². The van der Waals surface area contributed by atoms with Gasteiger partial charge in [0.2, 0.25) is 5.82 Å². The van der Waals surface area contributed by atoms with Crippen LogP contribution in [-0.4, -0.2) is 18.0 Å². The molecule has 0 fully saturated rings. The predicted molar refractivity (Wildman–Crippen MR) is 80.8 cm³/mol. The van der Waals surface area contributed by atoms with E-state index in [-0.39, 0.29) is 31.3 Å². The van der Waals surface area contributed by atoms with E-state index in [1.807, 2.05) is 20.8 Å². The fourth-order valence-electron chi connectivity index (χ4n) is 2.06. The van der Waals surface area contributed by atoms with Gasteiger partial charge in [0.25, 0.3) is 0 Å². The molecular weight excluding hydrogens is 325 g/mol. The van der Waals surface area contributed by atoms with Crippen molar-refractivity contribution in [3.8, 4) is 5.75 Å². The molecule has 0 spiro atoms. The van der Waals surface area contributed by atoms with Crippen LogP contribution < -0.4 is 4.74 Å². The molecule has 1 atom stereocenters. The van der Waals surface area contributed by atoms with Crippen LogP contribution in [0.3, 0.4) is 0 Å². The number of rotatable bonds is 8. The minimum Gasteiger partial charge on any atom is -0.462 e. The van der Waals surface area contributed by atoms with E-state index in [0.717, 1.165) is 6.07 Å². The zero-order valence-corrected chi connectivity index (χ0v) is 13.9. The fraction of sp³-hybridized carbons (Fsp3) is 0.529. The van der Waals surface area contributed by atoms with Crippen molar-refractivity contribution in [1.29, 1.82) is 0 Å². The van der Waals surface area contributed by atoms with Crippen LogP contribution in [-0.2, 0) is 14.3 Å². The van der Waals surface area contributed by atoms with E-state index >= 15 is 0 Å². The summed E-state index contributed by atoms with van der Waals surface area (Å²) in [5.74, 6) is -6.40. The smallest absolute Gasteiger partial charge is 0.311 e. The van der Waals surface area contributed by atoms with Crippen molar-refractivity contribution in [1.82, 2.24) is 0 Å². The van der Waals surface area contributed by atoms with Crippen molar-refractivity contribution in [2.75, 3.05) is 0 Å². The van der Waals surface area contributed by atoms with Crippen LogP contribution in [0.2, 0.25) is 0 Å². The lowest BCUT2D eigenvalue weighted by molar-refractivity contribution is -0.151. The molecule has 4 nitrogen and oxygen atoms in total. The van der Waals surface area contributed by atoms with Crippen molar-refractivity contribution in [3.63, 3.8) is 0 Å². The van der Waals surface area contributed by atoms with Crippen molar-refractivity contribution in [2.24, 2.45) is 5.92 Å². The predicted octanol–water partition coefficient (Wildman–Crippen LogP) is 4.16. The number of hydrogen-bond acceptors (Lipinski definition) is 4. The summed E-state index contributed by atoms with van der Waals surface area (Å²) in [6.45, 7) is 5.79. The summed E-state index contributed by atoms with van der Waals surface area (Å²) in [5, 5.41) is 0. The molecule has 7 heteroatoms. The Balaban J connectivity index is 2.42. The molecule has 1 aromatic carbocycles. The molecule has 0 heterocycles. The molecule has 0 aromatic heterocycles. The normalized spacial score (nSPS) is 12.1. The molecule has 24 heavy (non-hydrogen) atoms. The van der Waals surface area contributed by atoms with E-state index in [0.29, 0.717) is 12.5 Å². The Morgan fingerprint density at radius 1 is 1.04 bits per heavy atom. The summed E-state index contributed by atoms with van der Waals surface area (Å²) in [4.78, 5) is 23.2. The number of halogens is 3. The summed E-state index contributed by atoms with van der Waals surface area (Å²) < 4.78 is 49.1. The van der Waals surface area contributed by atoms with Crippen LogP contribution in [0.25, 0.3) is 0 Å². The third-order valence-corrected chi connectivity index (χ3v) is 3.41. The summed E-state index contributed by atoms with van der Waals surface area (Å²) in [7, 11) is 0. The van der Waals surface area contributed by atoms with Crippen molar-refractivity contribution in [2.45, 2.75) is 52.6 Å². The molecule has 0 aliphatic heterocycles. The first kappa shape index (κ1) is 20.0. The maximum Gasteiger partial charge on any atom is 0.311 e. The number of hydrogen-bond donors (Lipinski definition) is 0. The van der Waals surface area contributed by atoms with Crippen molar-refractivity contribution >= 4 is 11.9 Å². The average Bonchev–Trinajstić information content (AvgIpc) is 2.53. The molecule has 0 saturated carbocycles. The van der Waals surface area contributed by atoms with E-state index in [1.165, 1.54) is 0 Å². The second kappa shape index (κ2) is 9.30. The highest BCUT2D eigenvalue weighted by Crippen LogP contribution is 2.22. The van der Waals surface area contributed by atoms with Crippen LogP contribution in [0, 0.1) is 23.4 Å². The molecule has 0 N–H and O–H groups in total. The van der Waals surface area contributed by atoms with Gasteiger partial charge in [-0.3, -0.25) is 9.59 Å². The Morgan fingerprint density at radius 3 is 2.25 bits per heavy atom. The highest BCUT2D eigenvalue weighted by molar-refractivity contribution is 5.74. The Kier molecular flexibility index (Phi) is 7.74. The molecule has 0 aliphatic rings. The van der Waals surface area contributed by atoms with Gasteiger partial charge in [0, 0.05) is 12.8 Å². The highest BCUT2D eigenvalue weighted by atomic mass is 19.2. The lowest BCUT2D eigenvalue weighted by Crippen LogP contribution is -2.22. The van der Waals surface area contributed by atoms with Crippen LogP contribution in [0.4, 0.5) is 13.2 Å². The Bertz CT molecular complexity index is 587. The van der Waals surface area contributed by atoms with Gasteiger partial charge in [0.15, 0.2) is 17.4 Å². The van der Waals surface area contributed by atoms with Gasteiger partial charge in [-0.2, -0.15) is 4.39 Å². The van der Waals surface area contributed by atoms with Crippen LogP contribution in [0.5, 0.6) is 5.75 Å². The van der Waals surface area contributed by atoms with Gasteiger partial charge in [-0.05, 0) is 30.9 Å². The van der Waals surface area contributed by atoms with Gasteiger partial charge in [0.05, 0.1) is 0 Å². The minimum absolute atomic E-state index is 0.0125. The minimum atomic E-state index is -1.71. The Labute approximate surface area is 138 Å². The first-order valence-corrected chi connectivity index (χ1v) is 7.79. The molecule has 1 rings (SSSR count). The van der Waals surface area contributed by atoms with Gasteiger partial charge in [-0.1, -0.05) is 20.8 Å². The first-order chi connectivity index (χ1) is 11.3. The monoisotopic (exact) mass is 346 g/mol. The van der Waals surface area contributed by atoms with Crippen LogP contribution in [0.1, 0.15) is 46.5 Å². The van der Waals surface area contributed by atoms with Gasteiger partial charge in [0.1, 0.15) is 6.10 Å². The summed E-state index contributed by atoms with van der Waals surface area (Å²) in [6.07, 6.45) is 0.504. The van der Waals surface area contributed by atoms with Crippen molar-refractivity contribution < 1.29 is 32.2 Å². The standard InChI is InChI=1S/C17H21F3O4/c1-4-12(10(2)3)23-14(21)6-5-7-15(22)24-13-9-8-11(18)16(19)17(13)20/h8-10,12H,4-7H2,1-3H3. The molecule has 0 radical (unpaired) electrons. The molecule has 1 aromatic rings. The van der Waals surface area contributed by atoms with E-state index in [1.54, 1.807) is 0 Å². The van der Waals surface area contributed by atoms with E-state index in [2.05, 4.69) is 4.74 Å². The average molecular weight is 346 g/mol. The number of esters is 2. The Morgan fingerprint density at radius 2 is 1.67 bits per heavy atom. The third kappa shape index (κ3) is 5.86. The zero-order chi connectivity index (χ0) is 18.3. The molecule has 0 aliphatic carbocycles. The quantitative estimate of drug-likeness (QED) is 0.403. The SMILES string of the molecule is CCC(OC(=O)CCCC(=O)Oc1ccc(F)c(F)c1F)C(C)C. The molecular formula is C17H21F3O4.